The summed E-state index contributed by atoms with van der Waals surface area (Å²) in [5, 5.41) is 14.0. The van der Waals surface area contributed by atoms with Crippen LogP contribution in [0.1, 0.15) is 0 Å². The average Bonchev–Trinajstić information content (AvgIpc) is 2.42. The Kier molecular flexibility index (Phi) is 5.79. The topological polar surface area (TPSA) is 98.7 Å². The zero-order valence-corrected chi connectivity index (χ0v) is 11.5. The first-order chi connectivity index (χ1) is 9.43. The van der Waals surface area contributed by atoms with Gasteiger partial charge < -0.3 is 15.7 Å². The molecule has 0 fully saturated rings. The van der Waals surface area contributed by atoms with Crippen molar-refractivity contribution >= 4 is 35.2 Å². The normalized spacial score (nSPS) is 9.70. The summed E-state index contributed by atoms with van der Waals surface area (Å²) in [4.78, 5) is 34.8. The molecule has 1 aromatic rings. The van der Waals surface area contributed by atoms with Crippen LogP contribution in [0, 0.1) is 0 Å². The van der Waals surface area contributed by atoms with Gasteiger partial charge in [-0.15, -0.1) is 0 Å². The van der Waals surface area contributed by atoms with Crippen molar-refractivity contribution < 1.29 is 19.5 Å². The minimum Gasteiger partial charge on any atom is -0.480 e. The van der Waals surface area contributed by atoms with Gasteiger partial charge in [-0.3, -0.25) is 14.5 Å². The maximum absolute atomic E-state index is 11.9. The molecule has 3 amide bonds. The van der Waals surface area contributed by atoms with E-state index in [0.717, 1.165) is 4.90 Å². The highest BCUT2D eigenvalue weighted by Gasteiger charge is 2.19. The highest BCUT2D eigenvalue weighted by molar-refractivity contribution is 6.30. The van der Waals surface area contributed by atoms with Crippen LogP contribution in [0.15, 0.2) is 24.3 Å². The van der Waals surface area contributed by atoms with Gasteiger partial charge >= 0.3 is 12.0 Å². The van der Waals surface area contributed by atoms with Crippen LogP contribution in [0.2, 0.25) is 5.02 Å². The van der Waals surface area contributed by atoms with E-state index in [1.807, 2.05) is 0 Å². The van der Waals surface area contributed by atoms with Gasteiger partial charge in [-0.25, -0.2) is 4.79 Å². The highest BCUT2D eigenvalue weighted by Crippen LogP contribution is 2.17. The molecule has 1 rings (SSSR count). The van der Waals surface area contributed by atoms with Gasteiger partial charge in [-0.05, 0) is 24.3 Å². The van der Waals surface area contributed by atoms with Crippen LogP contribution in [0.5, 0.6) is 0 Å². The monoisotopic (exact) mass is 299 g/mol. The first kappa shape index (κ1) is 15.8. The Bertz CT molecular complexity index is 504. The predicted octanol–water partition coefficient (Wildman–Crippen LogP) is 0.687. The fraction of sp³-hybridized carbons (Fsp3) is 0.250. The highest BCUT2D eigenvalue weighted by atomic mass is 35.5. The van der Waals surface area contributed by atoms with Crippen LogP contribution in [-0.4, -0.2) is 43.2 Å². The van der Waals surface area contributed by atoms with Crippen LogP contribution < -0.4 is 15.5 Å². The van der Waals surface area contributed by atoms with Crippen molar-refractivity contribution in [2.45, 2.75) is 0 Å². The van der Waals surface area contributed by atoms with E-state index in [1.54, 1.807) is 0 Å². The first-order valence-electron chi connectivity index (χ1n) is 5.67. The Morgan fingerprint density at radius 3 is 2.35 bits per heavy atom. The molecule has 0 aromatic heterocycles. The van der Waals surface area contributed by atoms with Crippen molar-refractivity contribution in [3.05, 3.63) is 29.3 Å². The van der Waals surface area contributed by atoms with Gasteiger partial charge in [0.15, 0.2) is 0 Å². The van der Waals surface area contributed by atoms with Crippen molar-refractivity contribution in [1.82, 2.24) is 10.6 Å². The van der Waals surface area contributed by atoms with E-state index in [-0.39, 0.29) is 12.5 Å². The molecule has 20 heavy (non-hydrogen) atoms. The zero-order valence-electron chi connectivity index (χ0n) is 10.7. The summed E-state index contributed by atoms with van der Waals surface area (Å²) < 4.78 is 0. The number of urea groups is 1. The molecular formula is C12H14ClN3O4. The van der Waals surface area contributed by atoms with Crippen LogP contribution >= 0.6 is 11.6 Å². The third-order valence-electron chi connectivity index (χ3n) is 2.36. The van der Waals surface area contributed by atoms with Gasteiger partial charge in [0.2, 0.25) is 5.91 Å². The number of carbonyl (C=O) groups excluding carboxylic acids is 2. The summed E-state index contributed by atoms with van der Waals surface area (Å²) in [7, 11) is 1.43. The number of hydrogen-bond acceptors (Lipinski definition) is 3. The SMILES string of the molecule is CNC(=O)CNC(=O)N(CC(=O)O)c1ccc(Cl)cc1. The van der Waals surface area contributed by atoms with Crippen molar-refractivity contribution in [2.24, 2.45) is 0 Å². The number of hydrogen-bond donors (Lipinski definition) is 3. The van der Waals surface area contributed by atoms with Gasteiger partial charge in [0.25, 0.3) is 0 Å². The third kappa shape index (κ3) is 4.77. The second kappa shape index (κ2) is 7.34. The zero-order chi connectivity index (χ0) is 15.1. The molecule has 7 nitrogen and oxygen atoms in total. The van der Waals surface area contributed by atoms with E-state index >= 15 is 0 Å². The van der Waals surface area contributed by atoms with E-state index < -0.39 is 18.5 Å². The van der Waals surface area contributed by atoms with Gasteiger partial charge in [0.1, 0.15) is 6.54 Å². The van der Waals surface area contributed by atoms with Gasteiger partial charge in [0.05, 0.1) is 6.54 Å². The van der Waals surface area contributed by atoms with Crippen molar-refractivity contribution in [3.63, 3.8) is 0 Å². The fourth-order valence-corrected chi connectivity index (χ4v) is 1.50. The van der Waals surface area contributed by atoms with Crippen LogP contribution in [0.4, 0.5) is 10.5 Å². The van der Waals surface area contributed by atoms with E-state index in [0.29, 0.717) is 10.7 Å². The number of halogens is 1. The van der Waals surface area contributed by atoms with Crippen LogP contribution in [0.25, 0.3) is 0 Å². The minimum absolute atomic E-state index is 0.237. The molecule has 0 atom stereocenters. The Balaban J connectivity index is 2.83. The summed E-state index contributed by atoms with van der Waals surface area (Å²) in [5.74, 6) is -1.56. The molecular weight excluding hydrogens is 286 g/mol. The molecule has 3 N–H and O–H groups in total. The molecule has 108 valence electrons. The number of carboxylic acids is 1. The molecule has 0 heterocycles. The van der Waals surface area contributed by atoms with Crippen LogP contribution in [0.3, 0.4) is 0 Å². The lowest BCUT2D eigenvalue weighted by molar-refractivity contribution is -0.135. The molecule has 0 aliphatic rings. The number of amides is 3. The number of benzene rings is 1. The smallest absolute Gasteiger partial charge is 0.323 e. The molecule has 0 saturated heterocycles. The first-order valence-corrected chi connectivity index (χ1v) is 6.05. The van der Waals surface area contributed by atoms with Crippen molar-refractivity contribution in [1.29, 1.82) is 0 Å². The lowest BCUT2D eigenvalue weighted by Crippen LogP contribution is -2.46. The van der Waals surface area contributed by atoms with Gasteiger partial charge in [0, 0.05) is 17.8 Å². The summed E-state index contributed by atoms with van der Waals surface area (Å²) in [5.41, 5.74) is 0.367. The lowest BCUT2D eigenvalue weighted by atomic mass is 10.3. The Morgan fingerprint density at radius 2 is 1.85 bits per heavy atom. The summed E-state index contributed by atoms with van der Waals surface area (Å²) in [6.07, 6.45) is 0. The maximum atomic E-state index is 11.9. The number of nitrogens with one attached hydrogen (secondary N) is 2. The number of carboxylic acid groups (broad SMARTS) is 1. The fourth-order valence-electron chi connectivity index (χ4n) is 1.38. The van der Waals surface area contributed by atoms with Gasteiger partial charge in [-0.1, -0.05) is 11.6 Å². The lowest BCUT2D eigenvalue weighted by Gasteiger charge is -2.21. The summed E-state index contributed by atoms with van der Waals surface area (Å²) in [6, 6.07) is 5.43. The van der Waals surface area contributed by atoms with Crippen molar-refractivity contribution in [3.8, 4) is 0 Å². The average molecular weight is 300 g/mol. The van der Waals surface area contributed by atoms with E-state index in [4.69, 9.17) is 16.7 Å². The largest absolute Gasteiger partial charge is 0.480 e. The number of rotatable bonds is 5. The van der Waals surface area contributed by atoms with Gasteiger partial charge in [-0.2, -0.15) is 0 Å². The molecule has 0 spiro atoms. The van der Waals surface area contributed by atoms with Crippen molar-refractivity contribution in [2.75, 3.05) is 25.0 Å². The summed E-state index contributed by atoms with van der Waals surface area (Å²) in [6.45, 7) is -0.764. The third-order valence-corrected chi connectivity index (χ3v) is 2.61. The molecule has 0 aliphatic heterocycles. The number of aliphatic carboxylic acids is 1. The number of nitrogens with zero attached hydrogens (tertiary/aromatic N) is 1. The molecule has 0 bridgehead atoms. The summed E-state index contributed by atoms with van der Waals surface area (Å²) >= 11 is 5.73. The molecule has 1 aromatic carbocycles. The van der Waals surface area contributed by atoms with E-state index in [2.05, 4.69) is 10.6 Å². The number of anilines is 1. The molecule has 0 aliphatic carbocycles. The molecule has 0 radical (unpaired) electrons. The number of likely N-dealkylation sites (N-methyl/N-ethyl adjacent to an activating group) is 1. The minimum atomic E-state index is -1.17. The van der Waals surface area contributed by atoms with E-state index in [1.165, 1.54) is 31.3 Å². The van der Waals surface area contributed by atoms with E-state index in [9.17, 15) is 14.4 Å². The Hall–Kier alpha value is -2.28. The molecule has 8 heteroatoms. The molecule has 0 saturated carbocycles. The quantitative estimate of drug-likeness (QED) is 0.745. The standard InChI is InChI=1S/C12H14ClN3O4/c1-14-10(17)6-15-12(20)16(7-11(18)19)9-4-2-8(13)3-5-9/h2-5H,6-7H2,1H3,(H,14,17)(H,15,20)(H,18,19). The second-order valence-corrected chi connectivity index (χ2v) is 4.22. The maximum Gasteiger partial charge on any atom is 0.323 e. The van der Waals surface area contributed by atoms with Crippen LogP contribution in [-0.2, 0) is 9.59 Å². The Labute approximate surface area is 120 Å². The second-order valence-electron chi connectivity index (χ2n) is 3.79. The molecule has 0 unspecified atom stereocenters. The predicted molar refractivity (Wildman–Crippen MR) is 73.9 cm³/mol. The Morgan fingerprint density at radius 1 is 1.25 bits per heavy atom. The number of carbonyl (C=O) groups is 3.